The van der Waals surface area contributed by atoms with Gasteiger partial charge in [0.15, 0.2) is 5.12 Å². The molecule has 5 heteroatoms. The number of benzene rings is 1. The van der Waals surface area contributed by atoms with Crippen LogP contribution in [0.5, 0.6) is 0 Å². The molecule has 0 radical (unpaired) electrons. The van der Waals surface area contributed by atoms with Crippen LogP contribution in [0.15, 0.2) is 30.3 Å². The summed E-state index contributed by atoms with van der Waals surface area (Å²) in [5, 5.41) is 1.29. The number of thioether (sulfide) groups is 1. The van der Waals surface area contributed by atoms with Crippen molar-refractivity contribution in [3.8, 4) is 0 Å². The average Bonchev–Trinajstić information content (AvgIpc) is 3.00. The number of hydrogen-bond acceptors (Lipinski definition) is 3. The summed E-state index contributed by atoms with van der Waals surface area (Å²) in [7, 11) is 0. The van der Waals surface area contributed by atoms with Crippen LogP contribution >= 0.6 is 11.8 Å². The van der Waals surface area contributed by atoms with Crippen LogP contribution in [0.2, 0.25) is 0 Å². The van der Waals surface area contributed by atoms with Crippen LogP contribution in [0, 0.1) is 5.92 Å². The molecule has 0 bridgehead atoms. The fourth-order valence-electron chi connectivity index (χ4n) is 2.78. The second-order valence-electron chi connectivity index (χ2n) is 5.53. The van der Waals surface area contributed by atoms with Crippen LogP contribution in [0.1, 0.15) is 19.0 Å². The predicted octanol–water partition coefficient (Wildman–Crippen LogP) is 2.80. The van der Waals surface area contributed by atoms with Crippen LogP contribution in [0.25, 0.3) is 10.9 Å². The molecule has 1 unspecified atom stereocenters. The molecule has 1 aliphatic heterocycles. The number of likely N-dealkylation sites (tertiary alicyclic amines) is 1. The standard InChI is InChI=1S/C16H18N2O2S/c1-11(19)21-10-12-6-16(20)18(8-12)9-14-7-13-4-2-3-5-15(13)17-14/h2-5,7,12,17H,6,8-10H2,1H3. The van der Waals surface area contributed by atoms with Crippen LogP contribution in [-0.2, 0) is 16.1 Å². The number of hydrogen-bond donors (Lipinski definition) is 1. The van der Waals surface area contributed by atoms with Crippen LogP contribution in [-0.4, -0.2) is 33.2 Å². The van der Waals surface area contributed by atoms with Gasteiger partial charge in [-0.2, -0.15) is 0 Å². The fraction of sp³-hybridized carbons (Fsp3) is 0.375. The van der Waals surface area contributed by atoms with Crippen LogP contribution in [0.3, 0.4) is 0 Å². The van der Waals surface area contributed by atoms with E-state index < -0.39 is 0 Å². The van der Waals surface area contributed by atoms with Gasteiger partial charge in [0, 0.05) is 36.9 Å². The SMILES string of the molecule is CC(=O)SCC1CC(=O)N(Cc2cc3ccccc3[nH]2)C1. The van der Waals surface area contributed by atoms with Crippen LogP contribution < -0.4 is 0 Å². The van der Waals surface area contributed by atoms with Crippen molar-refractivity contribution >= 4 is 33.7 Å². The summed E-state index contributed by atoms with van der Waals surface area (Å²) in [4.78, 5) is 28.3. The van der Waals surface area contributed by atoms with Gasteiger partial charge in [0.25, 0.3) is 0 Å². The minimum absolute atomic E-state index is 0.122. The van der Waals surface area contributed by atoms with Crippen molar-refractivity contribution in [1.82, 2.24) is 9.88 Å². The molecule has 1 aliphatic rings. The average molecular weight is 302 g/mol. The van der Waals surface area contributed by atoms with Gasteiger partial charge in [0.2, 0.25) is 5.91 Å². The zero-order valence-corrected chi connectivity index (χ0v) is 12.8. The molecule has 3 rings (SSSR count). The first-order valence-electron chi connectivity index (χ1n) is 7.09. The largest absolute Gasteiger partial charge is 0.357 e. The van der Waals surface area contributed by atoms with Gasteiger partial charge in [-0.15, -0.1) is 0 Å². The van der Waals surface area contributed by atoms with E-state index in [4.69, 9.17) is 0 Å². The van der Waals surface area contributed by atoms with Gasteiger partial charge in [-0.25, -0.2) is 0 Å². The molecule has 1 aromatic carbocycles. The van der Waals surface area contributed by atoms with E-state index in [0.717, 1.165) is 23.5 Å². The number of nitrogens with zero attached hydrogens (tertiary/aromatic N) is 1. The molecule has 1 N–H and O–H groups in total. The highest BCUT2D eigenvalue weighted by Crippen LogP contribution is 2.24. The highest BCUT2D eigenvalue weighted by Gasteiger charge is 2.29. The molecule has 4 nitrogen and oxygen atoms in total. The van der Waals surface area contributed by atoms with E-state index in [0.29, 0.717) is 13.0 Å². The minimum Gasteiger partial charge on any atom is -0.357 e. The fourth-order valence-corrected chi connectivity index (χ4v) is 3.47. The zero-order chi connectivity index (χ0) is 14.8. The molecule has 21 heavy (non-hydrogen) atoms. The lowest BCUT2D eigenvalue weighted by Gasteiger charge is -2.15. The van der Waals surface area contributed by atoms with E-state index in [2.05, 4.69) is 17.1 Å². The third kappa shape index (κ3) is 3.29. The van der Waals surface area contributed by atoms with Crippen molar-refractivity contribution < 1.29 is 9.59 Å². The second kappa shape index (κ2) is 5.93. The van der Waals surface area contributed by atoms with Crippen molar-refractivity contribution in [2.75, 3.05) is 12.3 Å². The maximum Gasteiger partial charge on any atom is 0.223 e. The van der Waals surface area contributed by atoms with E-state index in [9.17, 15) is 9.59 Å². The molecule has 1 atom stereocenters. The summed E-state index contributed by atoms with van der Waals surface area (Å²) < 4.78 is 0. The predicted molar refractivity (Wildman–Crippen MR) is 85.0 cm³/mol. The lowest BCUT2D eigenvalue weighted by atomic mass is 10.1. The van der Waals surface area contributed by atoms with E-state index in [1.165, 1.54) is 17.1 Å². The highest BCUT2D eigenvalue weighted by atomic mass is 32.2. The zero-order valence-electron chi connectivity index (χ0n) is 12.0. The number of rotatable bonds is 4. The Hall–Kier alpha value is -1.75. The van der Waals surface area contributed by atoms with Crippen molar-refractivity contribution in [2.45, 2.75) is 19.9 Å². The Morgan fingerprint density at radius 3 is 3.00 bits per heavy atom. The molecule has 1 saturated heterocycles. The smallest absolute Gasteiger partial charge is 0.223 e. The quantitative estimate of drug-likeness (QED) is 0.945. The third-order valence-corrected chi connectivity index (χ3v) is 4.81. The minimum atomic E-state index is 0.122. The molecule has 2 aromatic rings. The molecule has 2 heterocycles. The first-order valence-corrected chi connectivity index (χ1v) is 8.08. The number of nitrogens with one attached hydrogen (secondary N) is 1. The Kier molecular flexibility index (Phi) is 4.01. The summed E-state index contributed by atoms with van der Waals surface area (Å²) in [5.74, 6) is 1.21. The van der Waals surface area contributed by atoms with E-state index in [1.807, 2.05) is 23.1 Å². The summed E-state index contributed by atoms with van der Waals surface area (Å²) >= 11 is 1.32. The number of aromatic amines is 1. The molecule has 0 aliphatic carbocycles. The van der Waals surface area contributed by atoms with Crippen molar-refractivity contribution in [3.63, 3.8) is 0 Å². The lowest BCUT2D eigenvalue weighted by molar-refractivity contribution is -0.128. The molecule has 1 aromatic heterocycles. The number of aromatic nitrogens is 1. The normalized spacial score (nSPS) is 18.6. The number of carbonyl (C=O) groups is 2. The lowest BCUT2D eigenvalue weighted by Crippen LogP contribution is -2.25. The Balaban J connectivity index is 1.64. The second-order valence-corrected chi connectivity index (χ2v) is 6.73. The Bertz CT molecular complexity index is 647. The number of carbonyl (C=O) groups excluding carboxylic acids is 2. The first kappa shape index (κ1) is 14.2. The van der Waals surface area contributed by atoms with Gasteiger partial charge < -0.3 is 9.88 Å². The van der Waals surface area contributed by atoms with Gasteiger partial charge in [0.1, 0.15) is 0 Å². The molecular formula is C16H18N2O2S. The number of para-hydroxylation sites is 1. The first-order chi connectivity index (χ1) is 10.1. The molecule has 0 saturated carbocycles. The molecule has 1 fully saturated rings. The summed E-state index contributed by atoms with van der Waals surface area (Å²) in [6.45, 7) is 2.94. The molecule has 0 spiro atoms. The van der Waals surface area contributed by atoms with E-state index in [-0.39, 0.29) is 16.9 Å². The number of fused-ring (bicyclic) bond motifs is 1. The molecular weight excluding hydrogens is 284 g/mol. The summed E-state index contributed by atoms with van der Waals surface area (Å²) in [5.41, 5.74) is 2.16. The Morgan fingerprint density at radius 2 is 2.24 bits per heavy atom. The number of amides is 1. The summed E-state index contributed by atoms with van der Waals surface area (Å²) in [6, 6.07) is 10.2. The van der Waals surface area contributed by atoms with Crippen molar-refractivity contribution in [1.29, 1.82) is 0 Å². The van der Waals surface area contributed by atoms with Gasteiger partial charge in [-0.3, -0.25) is 9.59 Å². The van der Waals surface area contributed by atoms with Crippen molar-refractivity contribution in [3.05, 3.63) is 36.0 Å². The monoisotopic (exact) mass is 302 g/mol. The van der Waals surface area contributed by atoms with E-state index in [1.54, 1.807) is 6.92 Å². The van der Waals surface area contributed by atoms with Gasteiger partial charge in [-0.05, 0) is 23.4 Å². The van der Waals surface area contributed by atoms with E-state index >= 15 is 0 Å². The van der Waals surface area contributed by atoms with Gasteiger partial charge in [0.05, 0.1) is 6.54 Å². The highest BCUT2D eigenvalue weighted by molar-refractivity contribution is 8.13. The number of H-pyrrole nitrogens is 1. The topological polar surface area (TPSA) is 53.2 Å². The summed E-state index contributed by atoms with van der Waals surface area (Å²) in [6.07, 6.45) is 0.556. The molecule has 1 amide bonds. The van der Waals surface area contributed by atoms with Gasteiger partial charge >= 0.3 is 0 Å². The van der Waals surface area contributed by atoms with Crippen LogP contribution in [0.4, 0.5) is 0 Å². The molecule has 110 valence electrons. The van der Waals surface area contributed by atoms with Crippen molar-refractivity contribution in [2.24, 2.45) is 5.92 Å². The maximum atomic E-state index is 12.1. The Morgan fingerprint density at radius 1 is 1.43 bits per heavy atom. The third-order valence-electron chi connectivity index (χ3n) is 3.76. The van der Waals surface area contributed by atoms with Gasteiger partial charge in [-0.1, -0.05) is 30.0 Å². The maximum absolute atomic E-state index is 12.1. The Labute approximate surface area is 127 Å².